The summed E-state index contributed by atoms with van der Waals surface area (Å²) in [4.78, 5) is 24.3. The van der Waals surface area contributed by atoms with E-state index in [1.54, 1.807) is 42.5 Å². The van der Waals surface area contributed by atoms with E-state index in [4.69, 9.17) is 0 Å². The topological polar surface area (TPSA) is 90.9 Å². The number of nitrogens with zero attached hydrogens (tertiary/aromatic N) is 4. The number of hydrogen-bond donors (Lipinski definition) is 0. The molecule has 0 atom stereocenters. The minimum Gasteiger partial charge on any atom is -0.302 e. The first kappa shape index (κ1) is 19.1. The van der Waals surface area contributed by atoms with E-state index in [1.165, 1.54) is 17.8 Å². The lowest BCUT2D eigenvalue weighted by Crippen LogP contribution is -2.04. The van der Waals surface area contributed by atoms with Crippen molar-refractivity contribution in [2.24, 2.45) is 0 Å². The monoisotopic (exact) mass is 406 g/mol. The molecule has 3 aromatic rings. The Morgan fingerprint density at radius 1 is 1.21 bits per heavy atom. The number of ketones is 1. The van der Waals surface area contributed by atoms with Crippen molar-refractivity contribution in [2.75, 3.05) is 0 Å². The summed E-state index contributed by atoms with van der Waals surface area (Å²) in [6, 6.07) is 13.2. The van der Waals surface area contributed by atoms with E-state index in [0.29, 0.717) is 28.1 Å². The normalized spacial score (nSPS) is 13.2. The van der Waals surface area contributed by atoms with E-state index in [0.717, 1.165) is 18.7 Å². The van der Waals surface area contributed by atoms with Crippen LogP contribution in [-0.4, -0.2) is 25.5 Å². The van der Waals surface area contributed by atoms with E-state index in [1.807, 2.05) is 10.6 Å². The van der Waals surface area contributed by atoms with Crippen LogP contribution in [0.4, 0.5) is 5.69 Å². The van der Waals surface area contributed by atoms with Gasteiger partial charge in [0.25, 0.3) is 5.69 Å². The summed E-state index contributed by atoms with van der Waals surface area (Å²) in [6.45, 7) is 4.32. The quantitative estimate of drug-likeness (QED) is 0.234. The van der Waals surface area contributed by atoms with Crippen LogP contribution >= 0.6 is 11.8 Å². The van der Waals surface area contributed by atoms with Crippen molar-refractivity contribution >= 4 is 23.2 Å². The van der Waals surface area contributed by atoms with Crippen molar-refractivity contribution in [3.8, 4) is 0 Å². The van der Waals surface area contributed by atoms with Gasteiger partial charge in [-0.15, -0.1) is 16.8 Å². The fourth-order valence-corrected chi connectivity index (χ4v) is 3.99. The molecule has 0 aliphatic heterocycles. The number of allylic oxidation sites excluding steroid dienone is 1. The van der Waals surface area contributed by atoms with Gasteiger partial charge in [-0.1, -0.05) is 36.4 Å². The molecule has 4 rings (SSSR count). The van der Waals surface area contributed by atoms with Gasteiger partial charge in [0.05, 0.1) is 9.82 Å². The summed E-state index contributed by atoms with van der Waals surface area (Å²) in [6.07, 6.45) is 3.92. The molecule has 1 aromatic heterocycles. The lowest BCUT2D eigenvalue weighted by molar-refractivity contribution is -0.387. The molecule has 0 amide bonds. The highest BCUT2D eigenvalue weighted by Crippen LogP contribution is 2.41. The Labute approximate surface area is 171 Å². The van der Waals surface area contributed by atoms with Gasteiger partial charge in [0.15, 0.2) is 10.9 Å². The van der Waals surface area contributed by atoms with Crippen LogP contribution in [0.1, 0.15) is 40.5 Å². The van der Waals surface area contributed by atoms with Gasteiger partial charge in [0, 0.05) is 29.7 Å². The molecule has 1 aliphatic carbocycles. The number of nitro groups is 1. The number of carbonyl (C=O) groups excluding carboxylic acids is 1. The Morgan fingerprint density at radius 2 is 1.97 bits per heavy atom. The molecule has 0 radical (unpaired) electrons. The summed E-state index contributed by atoms with van der Waals surface area (Å²) in [5.74, 6) is 1.04. The average molecular weight is 406 g/mol. The van der Waals surface area contributed by atoms with Gasteiger partial charge in [0.1, 0.15) is 5.82 Å². The SMILES string of the molecule is C=CCn1c(Sc2ccc(C(=O)c3ccccc3)cc2[N+](=O)[O-])nnc1C1CC1. The molecule has 1 aliphatic rings. The van der Waals surface area contributed by atoms with E-state index < -0.39 is 4.92 Å². The molecule has 0 saturated heterocycles. The Hall–Kier alpha value is -3.26. The molecule has 0 bridgehead atoms. The number of hydrogen-bond acceptors (Lipinski definition) is 6. The highest BCUT2D eigenvalue weighted by atomic mass is 32.2. The number of benzene rings is 2. The van der Waals surface area contributed by atoms with Crippen molar-refractivity contribution in [2.45, 2.75) is 35.4 Å². The Kier molecular flexibility index (Phi) is 5.26. The number of aromatic nitrogens is 3. The molecule has 2 aromatic carbocycles. The molecule has 1 saturated carbocycles. The first-order chi connectivity index (χ1) is 14.1. The van der Waals surface area contributed by atoms with Gasteiger partial charge in [-0.2, -0.15) is 0 Å². The maximum absolute atomic E-state index is 12.6. The van der Waals surface area contributed by atoms with Crippen LogP contribution in [0.2, 0.25) is 0 Å². The van der Waals surface area contributed by atoms with Gasteiger partial charge in [-0.05, 0) is 36.7 Å². The van der Waals surface area contributed by atoms with Gasteiger partial charge < -0.3 is 4.57 Å². The molecule has 146 valence electrons. The van der Waals surface area contributed by atoms with Crippen LogP contribution < -0.4 is 0 Å². The second-order valence-corrected chi connectivity index (χ2v) is 7.76. The molecule has 29 heavy (non-hydrogen) atoms. The van der Waals surface area contributed by atoms with Crippen molar-refractivity contribution in [3.05, 3.63) is 88.3 Å². The standard InChI is InChI=1S/C21H18N4O3S/c1-2-12-24-20(15-8-9-15)22-23-21(24)29-18-11-10-16(13-17(18)25(27)28)19(26)14-6-4-3-5-7-14/h2-7,10-11,13,15H,1,8-9,12H2. The van der Waals surface area contributed by atoms with E-state index >= 15 is 0 Å². The van der Waals surface area contributed by atoms with Crippen LogP contribution in [0.25, 0.3) is 0 Å². The number of carbonyl (C=O) groups is 1. The van der Waals surface area contributed by atoms with Crippen molar-refractivity contribution in [3.63, 3.8) is 0 Å². The second kappa shape index (κ2) is 8.00. The molecule has 1 fully saturated rings. The Morgan fingerprint density at radius 3 is 2.62 bits per heavy atom. The third kappa shape index (κ3) is 3.97. The maximum atomic E-state index is 12.6. The van der Waals surface area contributed by atoms with Gasteiger partial charge >= 0.3 is 0 Å². The molecule has 0 spiro atoms. The van der Waals surface area contributed by atoms with Crippen LogP contribution in [-0.2, 0) is 6.54 Å². The van der Waals surface area contributed by atoms with Crippen LogP contribution in [0, 0.1) is 10.1 Å². The second-order valence-electron chi connectivity index (χ2n) is 6.75. The average Bonchev–Trinajstić information content (AvgIpc) is 3.51. The number of rotatable bonds is 8. The first-order valence-corrected chi connectivity index (χ1v) is 10.00. The maximum Gasteiger partial charge on any atom is 0.284 e. The summed E-state index contributed by atoms with van der Waals surface area (Å²) in [5.41, 5.74) is 0.637. The molecule has 7 nitrogen and oxygen atoms in total. The van der Waals surface area contributed by atoms with Crippen molar-refractivity contribution in [1.82, 2.24) is 14.8 Å². The lowest BCUT2D eigenvalue weighted by Gasteiger charge is -2.08. The molecule has 0 unspecified atom stereocenters. The predicted molar refractivity (Wildman–Crippen MR) is 109 cm³/mol. The predicted octanol–water partition coefficient (Wildman–Crippen LogP) is 4.63. The van der Waals surface area contributed by atoms with Crippen LogP contribution in [0.15, 0.2) is 71.2 Å². The van der Waals surface area contributed by atoms with Crippen LogP contribution in [0.5, 0.6) is 0 Å². The third-order valence-corrected chi connectivity index (χ3v) is 5.70. The van der Waals surface area contributed by atoms with Crippen molar-refractivity contribution in [1.29, 1.82) is 0 Å². The van der Waals surface area contributed by atoms with Gasteiger partial charge in [0.2, 0.25) is 0 Å². The summed E-state index contributed by atoms with van der Waals surface area (Å²) in [5, 5.41) is 20.8. The minimum atomic E-state index is -0.472. The third-order valence-electron chi connectivity index (χ3n) is 4.65. The summed E-state index contributed by atoms with van der Waals surface area (Å²) >= 11 is 1.18. The fourth-order valence-electron chi connectivity index (χ4n) is 3.06. The highest BCUT2D eigenvalue weighted by Gasteiger charge is 2.31. The summed E-state index contributed by atoms with van der Waals surface area (Å²) < 4.78 is 1.95. The van der Waals surface area contributed by atoms with Gasteiger partial charge in [-0.3, -0.25) is 14.9 Å². The van der Waals surface area contributed by atoms with E-state index in [2.05, 4.69) is 16.8 Å². The molecule has 0 N–H and O–H groups in total. The largest absolute Gasteiger partial charge is 0.302 e. The highest BCUT2D eigenvalue weighted by molar-refractivity contribution is 7.99. The first-order valence-electron chi connectivity index (χ1n) is 9.18. The smallest absolute Gasteiger partial charge is 0.284 e. The molecular formula is C21H18N4O3S. The Bertz CT molecular complexity index is 1090. The minimum absolute atomic E-state index is 0.127. The molecular weight excluding hydrogens is 388 g/mol. The zero-order chi connectivity index (χ0) is 20.4. The van der Waals surface area contributed by atoms with Crippen molar-refractivity contribution < 1.29 is 9.72 Å². The van der Waals surface area contributed by atoms with Crippen LogP contribution in [0.3, 0.4) is 0 Å². The molecule has 1 heterocycles. The summed E-state index contributed by atoms with van der Waals surface area (Å²) in [7, 11) is 0. The van der Waals surface area contributed by atoms with E-state index in [9.17, 15) is 14.9 Å². The zero-order valence-corrected chi connectivity index (χ0v) is 16.3. The molecule has 8 heteroatoms. The van der Waals surface area contributed by atoms with Gasteiger partial charge in [-0.25, -0.2) is 0 Å². The number of nitro benzene ring substituents is 1. The zero-order valence-electron chi connectivity index (χ0n) is 15.5. The van der Waals surface area contributed by atoms with E-state index in [-0.39, 0.29) is 17.0 Å². The fraction of sp³-hybridized carbons (Fsp3) is 0.190. The lowest BCUT2D eigenvalue weighted by atomic mass is 10.0. The Balaban J connectivity index is 1.67.